The molecule has 0 radical (unpaired) electrons. The first-order chi connectivity index (χ1) is 11.8. The molecule has 3 heterocycles. The maximum absolute atomic E-state index is 12.6. The van der Waals surface area contributed by atoms with E-state index in [0.29, 0.717) is 6.54 Å². The first-order valence-corrected chi connectivity index (χ1v) is 10.1. The number of nitrogens with zero attached hydrogens (tertiary/aromatic N) is 2. The molecule has 4 nitrogen and oxygen atoms in total. The Bertz CT molecular complexity index is 992. The molecule has 0 saturated heterocycles. The van der Waals surface area contributed by atoms with Gasteiger partial charge in [0.05, 0.1) is 17.6 Å². The largest absolute Gasteiger partial charge is 0.362 e. The monoisotopic (exact) mass is 355 g/mol. The number of aromatic amines is 1. The van der Waals surface area contributed by atoms with Crippen molar-refractivity contribution in [1.29, 1.82) is 0 Å². The highest BCUT2D eigenvalue weighted by Gasteiger charge is 2.22. The normalized spacial score (nSPS) is 16.4. The van der Waals surface area contributed by atoms with Gasteiger partial charge in [0.25, 0.3) is 5.56 Å². The summed E-state index contributed by atoms with van der Waals surface area (Å²) in [6.07, 6.45) is 3.29. The van der Waals surface area contributed by atoms with Crippen LogP contribution in [-0.2, 0) is 19.4 Å². The third-order valence-corrected chi connectivity index (χ3v) is 7.02. The number of hydrogen-bond acceptors (Lipinski definition) is 5. The van der Waals surface area contributed by atoms with Gasteiger partial charge in [-0.1, -0.05) is 12.1 Å². The van der Waals surface area contributed by atoms with Crippen molar-refractivity contribution in [3.8, 4) is 0 Å². The van der Waals surface area contributed by atoms with Crippen LogP contribution < -0.4 is 10.5 Å². The minimum atomic E-state index is 0.0362. The lowest BCUT2D eigenvalue weighted by Crippen LogP contribution is -2.30. The molecule has 2 aromatic heterocycles. The summed E-state index contributed by atoms with van der Waals surface area (Å²) in [5.74, 6) is 1.84. The van der Waals surface area contributed by atoms with Crippen LogP contribution in [0.1, 0.15) is 22.7 Å². The van der Waals surface area contributed by atoms with Crippen LogP contribution in [0.15, 0.2) is 34.0 Å². The highest BCUT2D eigenvalue weighted by atomic mass is 32.2. The van der Waals surface area contributed by atoms with Crippen LogP contribution >= 0.6 is 23.1 Å². The number of aromatic nitrogens is 2. The molecule has 1 aromatic carbocycles. The van der Waals surface area contributed by atoms with Crippen LogP contribution in [0.4, 0.5) is 5.69 Å². The zero-order chi connectivity index (χ0) is 16.1. The minimum absolute atomic E-state index is 0.0362. The van der Waals surface area contributed by atoms with Gasteiger partial charge in [0, 0.05) is 22.1 Å². The van der Waals surface area contributed by atoms with E-state index in [1.54, 1.807) is 11.3 Å². The summed E-state index contributed by atoms with van der Waals surface area (Å²) in [7, 11) is 0. The smallest absolute Gasteiger partial charge is 0.259 e. The minimum Gasteiger partial charge on any atom is -0.362 e. The van der Waals surface area contributed by atoms with Gasteiger partial charge in [0.2, 0.25) is 0 Å². The maximum Gasteiger partial charge on any atom is 0.259 e. The molecule has 0 bridgehead atoms. The summed E-state index contributed by atoms with van der Waals surface area (Å²) in [5, 5.41) is 0.839. The van der Waals surface area contributed by atoms with Gasteiger partial charge in [-0.15, -0.1) is 23.1 Å². The fourth-order valence-electron chi connectivity index (χ4n) is 3.69. The van der Waals surface area contributed by atoms with Crippen molar-refractivity contribution in [2.24, 2.45) is 0 Å². The Labute approximate surface area is 147 Å². The molecule has 0 atom stereocenters. The van der Waals surface area contributed by atoms with E-state index >= 15 is 0 Å². The predicted molar refractivity (Wildman–Crippen MR) is 100 cm³/mol. The summed E-state index contributed by atoms with van der Waals surface area (Å²) in [6.45, 7) is 1.63. The van der Waals surface area contributed by atoms with Gasteiger partial charge >= 0.3 is 0 Å². The van der Waals surface area contributed by atoms with Gasteiger partial charge in [-0.3, -0.25) is 4.79 Å². The number of benzene rings is 1. The van der Waals surface area contributed by atoms with Crippen LogP contribution in [0.5, 0.6) is 0 Å². The van der Waals surface area contributed by atoms with Crippen LogP contribution in [0.2, 0.25) is 0 Å². The van der Waals surface area contributed by atoms with Gasteiger partial charge in [0.15, 0.2) is 0 Å². The standard InChI is InChI=1S/C18H17N3OS2/c22-17-16-11-4-3-7-13(11)24-18(16)20-15(19-17)10-21-8-9-23-14-6-2-1-5-12(14)21/h1-2,5-6H,3-4,7-10H2,(H,19,20,22). The van der Waals surface area contributed by atoms with Crippen molar-refractivity contribution < 1.29 is 0 Å². The Morgan fingerprint density at radius 1 is 1.25 bits per heavy atom. The molecule has 6 heteroatoms. The zero-order valence-electron chi connectivity index (χ0n) is 13.2. The second-order valence-electron chi connectivity index (χ2n) is 6.29. The van der Waals surface area contributed by atoms with E-state index in [1.807, 2.05) is 11.8 Å². The molecule has 24 heavy (non-hydrogen) atoms. The lowest BCUT2D eigenvalue weighted by Gasteiger charge is -2.30. The highest BCUT2D eigenvalue weighted by Crippen LogP contribution is 2.36. The lowest BCUT2D eigenvalue weighted by atomic mass is 10.2. The molecule has 0 spiro atoms. The lowest BCUT2D eigenvalue weighted by molar-refractivity contribution is 0.772. The van der Waals surface area contributed by atoms with Gasteiger partial charge in [-0.2, -0.15) is 0 Å². The van der Waals surface area contributed by atoms with Crippen molar-refractivity contribution in [3.63, 3.8) is 0 Å². The topological polar surface area (TPSA) is 49.0 Å². The van der Waals surface area contributed by atoms with E-state index in [1.165, 1.54) is 27.4 Å². The second-order valence-corrected chi connectivity index (χ2v) is 8.51. The quantitative estimate of drug-likeness (QED) is 0.763. The molecule has 3 aromatic rings. The fraction of sp³-hybridized carbons (Fsp3) is 0.333. The van der Waals surface area contributed by atoms with Crippen molar-refractivity contribution in [2.45, 2.75) is 30.7 Å². The summed E-state index contributed by atoms with van der Waals surface area (Å²) in [6, 6.07) is 8.46. The number of thioether (sulfide) groups is 1. The van der Waals surface area contributed by atoms with Crippen molar-refractivity contribution >= 4 is 39.0 Å². The van der Waals surface area contributed by atoms with E-state index in [4.69, 9.17) is 4.98 Å². The average molecular weight is 355 g/mol. The predicted octanol–water partition coefficient (Wildman–Crippen LogP) is 3.59. The van der Waals surface area contributed by atoms with E-state index in [9.17, 15) is 4.79 Å². The Morgan fingerprint density at radius 2 is 2.17 bits per heavy atom. The van der Waals surface area contributed by atoms with Crippen molar-refractivity contribution in [2.75, 3.05) is 17.2 Å². The fourth-order valence-corrected chi connectivity index (χ4v) is 6.03. The average Bonchev–Trinajstić information content (AvgIpc) is 3.15. The number of H-pyrrole nitrogens is 1. The van der Waals surface area contributed by atoms with Gasteiger partial charge < -0.3 is 9.88 Å². The molecule has 1 aliphatic heterocycles. The van der Waals surface area contributed by atoms with Crippen molar-refractivity contribution in [3.05, 3.63) is 50.9 Å². The third kappa shape index (κ3) is 2.28. The Hall–Kier alpha value is -1.79. The molecule has 0 saturated carbocycles. The molecule has 5 rings (SSSR count). The Morgan fingerprint density at radius 3 is 3.12 bits per heavy atom. The number of rotatable bonds is 2. The number of anilines is 1. The van der Waals surface area contributed by atoms with Gasteiger partial charge in [-0.05, 0) is 37.0 Å². The molecule has 2 aliphatic rings. The van der Waals surface area contributed by atoms with Crippen LogP contribution in [0.3, 0.4) is 0 Å². The van der Waals surface area contributed by atoms with E-state index < -0.39 is 0 Å². The van der Waals surface area contributed by atoms with E-state index in [2.05, 4.69) is 34.1 Å². The molecular weight excluding hydrogens is 338 g/mol. The molecular formula is C18H17N3OS2. The summed E-state index contributed by atoms with van der Waals surface area (Å²) >= 11 is 3.60. The maximum atomic E-state index is 12.6. The number of thiophene rings is 1. The Kier molecular flexibility index (Phi) is 3.41. The summed E-state index contributed by atoms with van der Waals surface area (Å²) in [4.78, 5) is 26.3. The SMILES string of the molecule is O=c1[nH]c(CN2CCSc3ccccc32)nc2sc3c(c12)CCC3. The molecule has 0 fully saturated rings. The number of nitrogens with one attached hydrogen (secondary N) is 1. The van der Waals surface area contributed by atoms with Crippen LogP contribution in [-0.4, -0.2) is 22.3 Å². The zero-order valence-corrected chi connectivity index (χ0v) is 14.8. The van der Waals surface area contributed by atoms with E-state index in [0.717, 1.165) is 41.2 Å². The van der Waals surface area contributed by atoms with Crippen molar-refractivity contribution in [1.82, 2.24) is 9.97 Å². The van der Waals surface area contributed by atoms with Gasteiger partial charge in [0.1, 0.15) is 10.7 Å². The first kappa shape index (κ1) is 14.5. The molecule has 0 amide bonds. The van der Waals surface area contributed by atoms with Gasteiger partial charge in [-0.25, -0.2) is 4.98 Å². The van der Waals surface area contributed by atoms with Crippen LogP contribution in [0.25, 0.3) is 10.2 Å². The third-order valence-electron chi connectivity index (χ3n) is 4.79. The molecule has 1 N–H and O–H groups in total. The summed E-state index contributed by atoms with van der Waals surface area (Å²) < 4.78 is 0. The second kappa shape index (κ2) is 5.63. The van der Waals surface area contributed by atoms with E-state index in [-0.39, 0.29) is 5.56 Å². The molecule has 1 aliphatic carbocycles. The molecule has 0 unspecified atom stereocenters. The molecule has 122 valence electrons. The Balaban J connectivity index is 1.54. The number of hydrogen-bond donors (Lipinski definition) is 1. The number of aryl methyl sites for hydroxylation is 2. The number of fused-ring (bicyclic) bond motifs is 4. The highest BCUT2D eigenvalue weighted by molar-refractivity contribution is 7.99. The number of para-hydroxylation sites is 1. The van der Waals surface area contributed by atoms with Crippen LogP contribution in [0, 0.1) is 0 Å². The first-order valence-electron chi connectivity index (χ1n) is 8.30. The summed E-state index contributed by atoms with van der Waals surface area (Å²) in [5.41, 5.74) is 2.52.